The van der Waals surface area contributed by atoms with Gasteiger partial charge < -0.3 is 25.0 Å². The maximum Gasteiger partial charge on any atom is 0.261 e. The molecule has 0 spiro atoms. The second-order valence-electron chi connectivity index (χ2n) is 11.9. The van der Waals surface area contributed by atoms with Crippen LogP contribution < -0.4 is 5.32 Å². The van der Waals surface area contributed by atoms with Gasteiger partial charge in [0.1, 0.15) is 5.56 Å². The zero-order valence-corrected chi connectivity index (χ0v) is 26.3. The summed E-state index contributed by atoms with van der Waals surface area (Å²) in [6, 6.07) is 22.3. The number of aliphatic hydroxyl groups is 2. The van der Waals surface area contributed by atoms with Crippen LogP contribution in [0, 0.1) is 35.0 Å². The molecule has 3 N–H and O–H groups in total. The number of rotatable bonds is 10. The molecule has 4 aromatic carbocycles. The minimum atomic E-state index is -2.36. The molecule has 0 radical (unpaired) electrons. The van der Waals surface area contributed by atoms with E-state index < -0.39 is 65.2 Å². The summed E-state index contributed by atoms with van der Waals surface area (Å²) in [5.41, 5.74) is 1.32. The van der Waals surface area contributed by atoms with E-state index in [1.54, 1.807) is 24.3 Å². The number of halogens is 5. The van der Waals surface area contributed by atoms with Crippen LogP contribution in [0.4, 0.5) is 27.6 Å². The Balaban J connectivity index is 1.37. The van der Waals surface area contributed by atoms with Gasteiger partial charge in [-0.05, 0) is 42.8 Å². The van der Waals surface area contributed by atoms with Crippen molar-refractivity contribution in [2.45, 2.75) is 51.1 Å². The van der Waals surface area contributed by atoms with Crippen LogP contribution in [0.3, 0.4) is 0 Å². The van der Waals surface area contributed by atoms with E-state index in [4.69, 9.17) is 9.47 Å². The monoisotopic (exact) mass is 670 g/mol. The first kappa shape index (κ1) is 35.1. The number of anilines is 1. The molecule has 48 heavy (non-hydrogen) atoms. The fourth-order valence-electron chi connectivity index (χ4n) is 5.67. The Hall–Kier alpha value is -4.20. The lowest BCUT2D eigenvalue weighted by molar-refractivity contribution is -0.276. The first-order chi connectivity index (χ1) is 22.9. The standard InChI is InChI=1S/C36H35F5N2O5/c1-19-26(17-43(3)20(2)33(45)22-7-5-4-6-8-22)47-36(48-34(19)23-11-9-21(18-44)10-12-23)24-13-15-25(16-14-24)42-35(46)27-28(37)30(39)32(41)31(40)29(27)38/h4-16,19-20,26,33-34,36,44-45H,17-18H2,1-3H3,(H,42,46). The van der Waals surface area contributed by atoms with Crippen LogP contribution in [-0.2, 0) is 16.1 Å². The van der Waals surface area contributed by atoms with Crippen molar-refractivity contribution in [1.29, 1.82) is 0 Å². The van der Waals surface area contributed by atoms with Crippen LogP contribution in [0.5, 0.6) is 0 Å². The van der Waals surface area contributed by atoms with E-state index in [1.807, 2.05) is 68.3 Å². The third-order valence-electron chi connectivity index (χ3n) is 8.76. The highest BCUT2D eigenvalue weighted by atomic mass is 19.2. The van der Waals surface area contributed by atoms with E-state index in [9.17, 15) is 37.0 Å². The molecule has 5 rings (SSSR count). The van der Waals surface area contributed by atoms with Gasteiger partial charge in [-0.1, -0.05) is 73.7 Å². The zero-order chi connectivity index (χ0) is 34.7. The lowest BCUT2D eigenvalue weighted by Crippen LogP contribution is -2.46. The van der Waals surface area contributed by atoms with E-state index in [1.165, 1.54) is 12.1 Å². The number of nitrogens with one attached hydrogen (secondary N) is 1. The van der Waals surface area contributed by atoms with Gasteiger partial charge in [0.25, 0.3) is 5.91 Å². The molecule has 0 aromatic heterocycles. The Morgan fingerprint density at radius 2 is 1.40 bits per heavy atom. The number of carbonyl (C=O) groups excluding carboxylic acids is 1. The maximum absolute atomic E-state index is 14.2. The van der Waals surface area contributed by atoms with Gasteiger partial charge in [-0.2, -0.15) is 0 Å². The Morgan fingerprint density at radius 3 is 1.98 bits per heavy atom. The highest BCUT2D eigenvalue weighted by Gasteiger charge is 2.40. The topological polar surface area (TPSA) is 91.3 Å². The Morgan fingerprint density at radius 1 is 0.833 bits per heavy atom. The van der Waals surface area contributed by atoms with Gasteiger partial charge in [0.15, 0.2) is 29.6 Å². The predicted molar refractivity (Wildman–Crippen MR) is 167 cm³/mol. The molecule has 0 aliphatic carbocycles. The highest BCUT2D eigenvalue weighted by molar-refractivity contribution is 6.04. The van der Waals surface area contributed by atoms with E-state index in [0.717, 1.165) is 16.7 Å². The van der Waals surface area contributed by atoms with Gasteiger partial charge in [0.05, 0.1) is 24.9 Å². The summed E-state index contributed by atoms with van der Waals surface area (Å²) in [4.78, 5) is 14.5. The molecule has 7 nitrogen and oxygen atoms in total. The van der Waals surface area contributed by atoms with Crippen LogP contribution in [0.15, 0.2) is 78.9 Å². The average Bonchev–Trinajstić information content (AvgIpc) is 3.11. The van der Waals surface area contributed by atoms with E-state index in [-0.39, 0.29) is 24.3 Å². The van der Waals surface area contributed by atoms with E-state index >= 15 is 0 Å². The van der Waals surface area contributed by atoms with Crippen LogP contribution in [0.25, 0.3) is 0 Å². The molecule has 1 fully saturated rings. The molecule has 1 heterocycles. The van der Waals surface area contributed by atoms with Crippen LogP contribution in [-0.4, -0.2) is 46.8 Å². The molecule has 6 atom stereocenters. The predicted octanol–water partition coefficient (Wildman–Crippen LogP) is 6.97. The van der Waals surface area contributed by atoms with Gasteiger partial charge in [-0.15, -0.1) is 0 Å². The molecule has 6 unspecified atom stereocenters. The minimum Gasteiger partial charge on any atom is -0.392 e. The summed E-state index contributed by atoms with van der Waals surface area (Å²) in [7, 11) is 1.89. The number of benzene rings is 4. The summed E-state index contributed by atoms with van der Waals surface area (Å²) >= 11 is 0. The molecule has 1 saturated heterocycles. The summed E-state index contributed by atoms with van der Waals surface area (Å²) in [6.45, 7) is 4.22. The molecule has 1 aliphatic heterocycles. The number of amides is 1. The minimum absolute atomic E-state index is 0.0213. The fraction of sp³-hybridized carbons (Fsp3) is 0.306. The number of carbonyl (C=O) groups is 1. The number of nitrogens with zero attached hydrogens (tertiary/aromatic N) is 1. The molecule has 4 aromatic rings. The van der Waals surface area contributed by atoms with Crippen LogP contribution >= 0.6 is 0 Å². The Bertz CT molecular complexity index is 1700. The van der Waals surface area contributed by atoms with Crippen LogP contribution in [0.2, 0.25) is 0 Å². The molecule has 1 aliphatic rings. The first-order valence-electron chi connectivity index (χ1n) is 15.3. The van der Waals surface area contributed by atoms with Crippen LogP contribution in [0.1, 0.15) is 65.0 Å². The second-order valence-corrected chi connectivity index (χ2v) is 11.9. The van der Waals surface area contributed by atoms with Crippen molar-refractivity contribution in [3.8, 4) is 0 Å². The number of hydrogen-bond acceptors (Lipinski definition) is 6. The number of aliphatic hydroxyl groups excluding tert-OH is 2. The molecule has 254 valence electrons. The third-order valence-corrected chi connectivity index (χ3v) is 8.76. The van der Waals surface area contributed by atoms with E-state index in [0.29, 0.717) is 12.1 Å². The molecule has 12 heteroatoms. The SMILES string of the molecule is CC1C(CN(C)C(C)C(O)c2ccccc2)OC(c2ccc(NC(=O)c3c(F)c(F)c(F)c(F)c3F)cc2)OC1c1ccc(CO)cc1. The van der Waals surface area contributed by atoms with Crippen molar-refractivity contribution in [2.75, 3.05) is 18.9 Å². The summed E-state index contributed by atoms with van der Waals surface area (Å²) in [5.74, 6) is -13.0. The van der Waals surface area contributed by atoms with Crippen molar-refractivity contribution >= 4 is 11.6 Å². The fourth-order valence-corrected chi connectivity index (χ4v) is 5.67. The maximum atomic E-state index is 14.2. The largest absolute Gasteiger partial charge is 0.392 e. The lowest BCUT2D eigenvalue weighted by Gasteiger charge is -2.43. The van der Waals surface area contributed by atoms with Crippen molar-refractivity contribution < 1.29 is 46.4 Å². The van der Waals surface area contributed by atoms with Gasteiger partial charge in [-0.3, -0.25) is 9.69 Å². The third kappa shape index (κ3) is 7.27. The zero-order valence-electron chi connectivity index (χ0n) is 26.3. The number of hydrogen-bond donors (Lipinski definition) is 3. The Labute approximate surface area is 274 Å². The van der Waals surface area contributed by atoms with Crippen molar-refractivity contribution in [1.82, 2.24) is 4.90 Å². The summed E-state index contributed by atoms with van der Waals surface area (Å²) < 4.78 is 82.0. The van der Waals surface area contributed by atoms with Crippen molar-refractivity contribution in [2.24, 2.45) is 5.92 Å². The van der Waals surface area contributed by atoms with Crippen molar-refractivity contribution in [3.63, 3.8) is 0 Å². The molecular weight excluding hydrogens is 635 g/mol. The first-order valence-corrected chi connectivity index (χ1v) is 15.3. The number of likely N-dealkylation sites (N-methyl/N-ethyl adjacent to an activating group) is 1. The molecular formula is C36H35F5N2O5. The molecule has 1 amide bonds. The van der Waals surface area contributed by atoms with Gasteiger partial charge >= 0.3 is 0 Å². The smallest absolute Gasteiger partial charge is 0.261 e. The Kier molecular flexibility index (Phi) is 10.9. The highest BCUT2D eigenvalue weighted by Crippen LogP contribution is 2.42. The molecule has 0 bridgehead atoms. The van der Waals surface area contributed by atoms with Crippen molar-refractivity contribution in [3.05, 3.63) is 136 Å². The normalized spacial score (nSPS) is 20.8. The lowest BCUT2D eigenvalue weighted by atomic mass is 9.89. The average molecular weight is 671 g/mol. The quantitative estimate of drug-likeness (QED) is 0.0960. The molecule has 0 saturated carbocycles. The summed E-state index contributed by atoms with van der Waals surface area (Å²) in [6.07, 6.45) is -2.50. The van der Waals surface area contributed by atoms with E-state index in [2.05, 4.69) is 5.32 Å². The van der Waals surface area contributed by atoms with Gasteiger partial charge in [0, 0.05) is 29.8 Å². The van der Waals surface area contributed by atoms with Gasteiger partial charge in [0.2, 0.25) is 5.82 Å². The van der Waals surface area contributed by atoms with Gasteiger partial charge in [-0.25, -0.2) is 22.0 Å². The number of ether oxygens (including phenoxy) is 2. The summed E-state index contributed by atoms with van der Waals surface area (Å²) in [5, 5.41) is 22.7. The second kappa shape index (κ2) is 14.9.